The summed E-state index contributed by atoms with van der Waals surface area (Å²) in [5, 5.41) is 8.76. The number of carbonyl (C=O) groups excluding carboxylic acids is 4. The second-order valence-corrected chi connectivity index (χ2v) is 10.1. The van der Waals surface area contributed by atoms with Crippen molar-refractivity contribution < 1.29 is 23.9 Å². The van der Waals surface area contributed by atoms with E-state index in [1.165, 1.54) is 7.11 Å². The minimum absolute atomic E-state index is 0. The lowest BCUT2D eigenvalue weighted by molar-refractivity contribution is -0.135. The van der Waals surface area contributed by atoms with E-state index in [9.17, 15) is 19.2 Å². The van der Waals surface area contributed by atoms with Gasteiger partial charge in [0.15, 0.2) is 0 Å². The number of anilines is 1. The van der Waals surface area contributed by atoms with E-state index in [4.69, 9.17) is 0 Å². The topological polar surface area (TPSA) is 129 Å². The normalized spacial score (nSPS) is 13.9. The van der Waals surface area contributed by atoms with Crippen LogP contribution in [0.4, 0.5) is 5.69 Å². The molecule has 0 spiro atoms. The fourth-order valence-corrected chi connectivity index (χ4v) is 4.97. The van der Waals surface area contributed by atoms with E-state index in [2.05, 4.69) is 37.2 Å². The van der Waals surface area contributed by atoms with Crippen molar-refractivity contribution in [2.75, 3.05) is 38.2 Å². The first-order chi connectivity index (χ1) is 20.4. The van der Waals surface area contributed by atoms with Crippen LogP contribution in [0, 0.1) is 0 Å². The Hall–Kier alpha value is -4.41. The van der Waals surface area contributed by atoms with Crippen molar-refractivity contribution in [3.63, 3.8) is 0 Å². The summed E-state index contributed by atoms with van der Waals surface area (Å²) in [6.45, 7) is 5.50. The molecule has 3 amide bonds. The average Bonchev–Trinajstić information content (AvgIpc) is 3.31. The summed E-state index contributed by atoms with van der Waals surface area (Å²) in [6.07, 6.45) is 3.23. The van der Waals surface area contributed by atoms with Crippen molar-refractivity contribution in [1.82, 2.24) is 21.5 Å². The highest BCUT2D eigenvalue weighted by Gasteiger charge is 2.20. The number of nitrogens with one attached hydrogen (secondary N) is 4. The van der Waals surface area contributed by atoms with Gasteiger partial charge in [-0.1, -0.05) is 48.5 Å². The Bertz CT molecular complexity index is 1460. The summed E-state index contributed by atoms with van der Waals surface area (Å²) in [6, 6.07) is 19.7. The Morgan fingerprint density at radius 2 is 1.77 bits per heavy atom. The zero-order valence-corrected chi connectivity index (χ0v) is 25.2. The van der Waals surface area contributed by atoms with Gasteiger partial charge in [-0.2, -0.15) is 0 Å². The molecule has 4 N–H and O–H groups in total. The van der Waals surface area contributed by atoms with E-state index >= 15 is 0 Å². The number of esters is 1. The molecule has 0 aromatic heterocycles. The van der Waals surface area contributed by atoms with Crippen molar-refractivity contribution in [3.05, 3.63) is 89.5 Å². The standard InChI is InChI=1S/C32H37N5O5.ClH/c1-22(26-10-5-8-23-7-3-4-9-27(23)26)34-32(41)28-21-25(37-19-6-17-33-18-20-37)13-11-24(28)12-14-29(38)35-36-30(39)15-16-31(40)42-2;/h3-5,7-11,13,15-16,21-22,33H,6,12,14,17-20H2,1-2H3,(H,34,41)(H,35,38)(H,36,39);1H/b16-15+;/t22-;/m1./s1. The van der Waals surface area contributed by atoms with Gasteiger partial charge in [0.2, 0.25) is 5.91 Å². The quantitative estimate of drug-likeness (QED) is 0.167. The van der Waals surface area contributed by atoms with Crippen LogP contribution in [0.2, 0.25) is 0 Å². The van der Waals surface area contributed by atoms with Crippen LogP contribution in [0.15, 0.2) is 72.8 Å². The number of halogens is 1. The van der Waals surface area contributed by atoms with Crippen LogP contribution in [0.1, 0.15) is 47.3 Å². The number of hydrogen-bond acceptors (Lipinski definition) is 7. The molecule has 43 heavy (non-hydrogen) atoms. The van der Waals surface area contributed by atoms with Crippen LogP contribution in [0.5, 0.6) is 0 Å². The van der Waals surface area contributed by atoms with Gasteiger partial charge in [0.05, 0.1) is 13.2 Å². The summed E-state index contributed by atoms with van der Waals surface area (Å²) in [5.41, 5.74) is 7.77. The molecule has 0 bridgehead atoms. The van der Waals surface area contributed by atoms with Crippen LogP contribution in [-0.2, 0) is 25.5 Å². The molecule has 0 unspecified atom stereocenters. The molecule has 11 heteroatoms. The van der Waals surface area contributed by atoms with Gasteiger partial charge in [0.25, 0.3) is 11.8 Å². The highest BCUT2D eigenvalue weighted by atomic mass is 35.5. The molecule has 228 valence electrons. The summed E-state index contributed by atoms with van der Waals surface area (Å²) in [5.74, 6) is -2.01. The van der Waals surface area contributed by atoms with Crippen molar-refractivity contribution >= 4 is 52.6 Å². The summed E-state index contributed by atoms with van der Waals surface area (Å²) < 4.78 is 4.43. The van der Waals surface area contributed by atoms with Crippen LogP contribution in [-0.4, -0.2) is 57.0 Å². The van der Waals surface area contributed by atoms with Gasteiger partial charge in [-0.3, -0.25) is 25.2 Å². The Morgan fingerprint density at radius 1 is 0.977 bits per heavy atom. The smallest absolute Gasteiger partial charge is 0.330 e. The number of aryl methyl sites for hydroxylation is 1. The summed E-state index contributed by atoms with van der Waals surface area (Å²) in [4.78, 5) is 51.4. The minimum Gasteiger partial charge on any atom is -0.466 e. The van der Waals surface area contributed by atoms with Gasteiger partial charge < -0.3 is 20.3 Å². The fraction of sp³-hybridized carbons (Fsp3) is 0.312. The molecule has 1 aliphatic heterocycles. The largest absolute Gasteiger partial charge is 0.466 e. The molecular weight excluding hydrogens is 570 g/mol. The minimum atomic E-state index is -0.683. The first-order valence-electron chi connectivity index (χ1n) is 14.1. The Morgan fingerprint density at radius 3 is 2.58 bits per heavy atom. The van der Waals surface area contributed by atoms with Crippen molar-refractivity contribution in [2.24, 2.45) is 0 Å². The lowest BCUT2D eigenvalue weighted by Crippen LogP contribution is -2.41. The number of fused-ring (bicyclic) bond motifs is 1. The van der Waals surface area contributed by atoms with Crippen LogP contribution in [0.25, 0.3) is 10.8 Å². The molecule has 0 saturated carbocycles. The van der Waals surface area contributed by atoms with Crippen LogP contribution >= 0.6 is 12.4 Å². The highest BCUT2D eigenvalue weighted by molar-refractivity contribution is 5.98. The molecule has 0 radical (unpaired) electrons. The van der Waals surface area contributed by atoms with Gasteiger partial charge in [-0.05, 0) is 60.3 Å². The molecule has 1 aliphatic rings. The Labute approximate surface area is 257 Å². The molecule has 4 rings (SSSR count). The monoisotopic (exact) mass is 607 g/mol. The molecule has 1 heterocycles. The molecule has 3 aromatic rings. The first kappa shape index (κ1) is 33.1. The zero-order valence-electron chi connectivity index (χ0n) is 24.4. The molecular formula is C32H38ClN5O5. The zero-order chi connectivity index (χ0) is 29.9. The van der Waals surface area contributed by atoms with E-state index in [0.29, 0.717) is 5.56 Å². The second-order valence-electron chi connectivity index (χ2n) is 10.1. The number of rotatable bonds is 9. The van der Waals surface area contributed by atoms with Gasteiger partial charge in [0.1, 0.15) is 0 Å². The first-order valence-corrected chi connectivity index (χ1v) is 14.1. The number of ether oxygens (including phenoxy) is 1. The Balaban J connectivity index is 0.00000506. The Kier molecular flexibility index (Phi) is 12.5. The van der Waals surface area contributed by atoms with E-state index in [1.54, 1.807) is 0 Å². The molecule has 1 atom stereocenters. The summed E-state index contributed by atoms with van der Waals surface area (Å²) in [7, 11) is 1.20. The third kappa shape index (κ3) is 9.29. The number of nitrogens with zero attached hydrogens (tertiary/aromatic N) is 1. The van der Waals surface area contributed by atoms with E-state index in [1.807, 2.05) is 61.5 Å². The number of carbonyl (C=O) groups is 4. The molecule has 10 nitrogen and oxygen atoms in total. The SMILES string of the molecule is COC(=O)/C=C/C(=O)NNC(=O)CCc1ccc(N2CCCNCC2)cc1C(=O)N[C@H](C)c1cccc2ccccc12.Cl. The van der Waals surface area contributed by atoms with E-state index in [-0.39, 0.29) is 37.2 Å². The predicted octanol–water partition coefficient (Wildman–Crippen LogP) is 3.36. The van der Waals surface area contributed by atoms with Gasteiger partial charge in [-0.25, -0.2) is 4.79 Å². The van der Waals surface area contributed by atoms with Crippen molar-refractivity contribution in [3.8, 4) is 0 Å². The highest BCUT2D eigenvalue weighted by Crippen LogP contribution is 2.26. The van der Waals surface area contributed by atoms with Crippen molar-refractivity contribution in [2.45, 2.75) is 32.2 Å². The van der Waals surface area contributed by atoms with Gasteiger partial charge in [-0.15, -0.1) is 12.4 Å². The van der Waals surface area contributed by atoms with Crippen molar-refractivity contribution in [1.29, 1.82) is 0 Å². The maximum absolute atomic E-state index is 13.8. The molecule has 1 saturated heterocycles. The second kappa shape index (κ2) is 16.3. The number of hydrazine groups is 1. The van der Waals surface area contributed by atoms with Gasteiger partial charge >= 0.3 is 5.97 Å². The molecule has 1 fully saturated rings. The lowest BCUT2D eigenvalue weighted by atomic mass is 9.98. The lowest BCUT2D eigenvalue weighted by Gasteiger charge is -2.24. The van der Waals surface area contributed by atoms with Crippen LogP contribution in [0.3, 0.4) is 0 Å². The molecule has 0 aliphatic carbocycles. The maximum Gasteiger partial charge on any atom is 0.330 e. The van der Waals surface area contributed by atoms with E-state index < -0.39 is 17.8 Å². The average molecular weight is 608 g/mol. The maximum atomic E-state index is 13.8. The van der Waals surface area contributed by atoms with Crippen LogP contribution < -0.4 is 26.4 Å². The number of methoxy groups -OCH3 is 1. The fourth-order valence-electron chi connectivity index (χ4n) is 4.97. The molecule has 3 aromatic carbocycles. The van der Waals surface area contributed by atoms with E-state index in [0.717, 1.165) is 72.3 Å². The van der Waals surface area contributed by atoms with Gasteiger partial charge in [0, 0.05) is 49.5 Å². The number of amides is 3. The number of hydrogen-bond donors (Lipinski definition) is 4. The summed E-state index contributed by atoms with van der Waals surface area (Å²) >= 11 is 0. The predicted molar refractivity (Wildman–Crippen MR) is 169 cm³/mol. The number of benzene rings is 3. The third-order valence-electron chi connectivity index (χ3n) is 7.20. The third-order valence-corrected chi connectivity index (χ3v) is 7.20.